The fraction of sp³-hybridized carbons (Fsp3) is 0.933. The summed E-state index contributed by atoms with van der Waals surface area (Å²) >= 11 is 0. The Balaban J connectivity index is 1.99. The Morgan fingerprint density at radius 1 is 1.30 bits per heavy atom. The smallest absolute Gasteiger partial charge is 0.228 e. The molecule has 0 spiro atoms. The predicted molar refractivity (Wildman–Crippen MR) is 77.4 cm³/mol. The number of nitrogens with one attached hydrogen (secondary N) is 2. The zero-order valence-electron chi connectivity index (χ0n) is 12.5. The highest BCUT2D eigenvalue weighted by Crippen LogP contribution is 2.30. The van der Waals surface area contributed by atoms with Crippen LogP contribution < -0.4 is 10.6 Å². The van der Waals surface area contributed by atoms with E-state index in [9.17, 15) is 9.90 Å². The van der Waals surface area contributed by atoms with Crippen molar-refractivity contribution in [2.24, 2.45) is 5.41 Å². The van der Waals surface area contributed by atoms with E-state index in [1.165, 1.54) is 0 Å². The molecule has 0 aromatic carbocycles. The molecule has 0 bridgehead atoms. The van der Waals surface area contributed by atoms with Crippen LogP contribution in [0.4, 0.5) is 0 Å². The summed E-state index contributed by atoms with van der Waals surface area (Å²) in [6, 6.07) is -0.0892. The Labute approximate surface area is 121 Å². The molecule has 2 aliphatic rings. The van der Waals surface area contributed by atoms with Gasteiger partial charge in [-0.25, -0.2) is 0 Å². The van der Waals surface area contributed by atoms with Crippen molar-refractivity contribution in [3.05, 3.63) is 0 Å². The molecule has 3 N–H and O–H groups in total. The molecule has 1 aliphatic carbocycles. The Hall–Kier alpha value is -0.650. The van der Waals surface area contributed by atoms with Gasteiger partial charge in [-0.3, -0.25) is 4.79 Å². The van der Waals surface area contributed by atoms with Crippen molar-refractivity contribution < 1.29 is 14.6 Å². The third kappa shape index (κ3) is 3.71. The van der Waals surface area contributed by atoms with Gasteiger partial charge in [-0.2, -0.15) is 0 Å². The Morgan fingerprint density at radius 2 is 2.00 bits per heavy atom. The van der Waals surface area contributed by atoms with Crippen LogP contribution in [0.5, 0.6) is 0 Å². The van der Waals surface area contributed by atoms with Crippen molar-refractivity contribution in [3.8, 4) is 0 Å². The molecule has 1 saturated carbocycles. The molecule has 2 rings (SSSR count). The van der Waals surface area contributed by atoms with Gasteiger partial charge in [0.15, 0.2) is 0 Å². The molecule has 5 heteroatoms. The third-order valence-electron chi connectivity index (χ3n) is 4.76. The highest BCUT2D eigenvalue weighted by molar-refractivity contribution is 5.83. The number of carbonyl (C=O) groups is 1. The van der Waals surface area contributed by atoms with E-state index < -0.39 is 11.5 Å². The molecule has 1 aliphatic heterocycles. The van der Waals surface area contributed by atoms with Crippen LogP contribution >= 0.6 is 0 Å². The minimum Gasteiger partial charge on any atom is -0.391 e. The van der Waals surface area contributed by atoms with Gasteiger partial charge in [0.2, 0.25) is 5.91 Å². The van der Waals surface area contributed by atoms with Crippen molar-refractivity contribution in [1.82, 2.24) is 10.6 Å². The lowest BCUT2D eigenvalue weighted by Crippen LogP contribution is -2.54. The number of hydrogen-bond acceptors (Lipinski definition) is 4. The number of hydrogen-bond donors (Lipinski definition) is 3. The number of piperidine rings is 1. The first-order valence-electron chi connectivity index (χ1n) is 7.87. The zero-order valence-corrected chi connectivity index (χ0v) is 12.5. The standard InChI is InChI=1S/C15H28N2O3/c1-20-11-15(7-9-16-10-8-15)14(19)17-12-5-3-2-4-6-13(12)18/h12-13,16,18H,2-11H2,1H3,(H,17,19). The molecule has 116 valence electrons. The van der Waals surface area contributed by atoms with Crippen LogP contribution in [0.1, 0.15) is 44.9 Å². The van der Waals surface area contributed by atoms with Crippen molar-refractivity contribution in [3.63, 3.8) is 0 Å². The van der Waals surface area contributed by atoms with Gasteiger partial charge in [0.25, 0.3) is 0 Å². The summed E-state index contributed by atoms with van der Waals surface area (Å²) in [7, 11) is 1.65. The lowest BCUT2D eigenvalue weighted by Gasteiger charge is -2.37. The number of carbonyl (C=O) groups excluding carboxylic acids is 1. The van der Waals surface area contributed by atoms with Crippen molar-refractivity contribution >= 4 is 5.91 Å². The number of aliphatic hydroxyl groups is 1. The van der Waals surface area contributed by atoms with Gasteiger partial charge in [-0.15, -0.1) is 0 Å². The van der Waals surface area contributed by atoms with Crippen LogP contribution in [-0.2, 0) is 9.53 Å². The molecular weight excluding hydrogens is 256 g/mol. The normalized spacial score (nSPS) is 30.5. The van der Waals surface area contributed by atoms with E-state index in [-0.39, 0.29) is 11.9 Å². The average molecular weight is 284 g/mol. The molecule has 5 nitrogen and oxygen atoms in total. The fourth-order valence-electron chi connectivity index (χ4n) is 3.40. The van der Waals surface area contributed by atoms with Gasteiger partial charge in [-0.1, -0.05) is 19.3 Å². The van der Waals surface area contributed by atoms with Crippen LogP contribution in [0, 0.1) is 5.41 Å². The molecule has 0 aromatic heterocycles. The predicted octanol–water partition coefficient (Wildman–Crippen LogP) is 0.812. The maximum absolute atomic E-state index is 12.7. The number of rotatable bonds is 4. The molecule has 1 saturated heterocycles. The van der Waals surface area contributed by atoms with Crippen LogP contribution in [0.2, 0.25) is 0 Å². The van der Waals surface area contributed by atoms with Gasteiger partial charge in [0, 0.05) is 7.11 Å². The Kier molecular flexibility index (Phi) is 5.81. The summed E-state index contributed by atoms with van der Waals surface area (Å²) < 4.78 is 5.30. The van der Waals surface area contributed by atoms with Crippen molar-refractivity contribution in [1.29, 1.82) is 0 Å². The van der Waals surface area contributed by atoms with E-state index in [1.807, 2.05) is 0 Å². The SMILES string of the molecule is COCC1(C(=O)NC2CCCCCC2O)CCNCC1. The fourth-order valence-corrected chi connectivity index (χ4v) is 3.40. The minimum atomic E-state index is -0.425. The van der Waals surface area contributed by atoms with Crippen molar-refractivity contribution in [2.45, 2.75) is 57.1 Å². The van der Waals surface area contributed by atoms with E-state index in [0.29, 0.717) is 6.61 Å². The molecule has 1 heterocycles. The molecule has 2 atom stereocenters. The molecule has 0 aromatic rings. The van der Waals surface area contributed by atoms with Gasteiger partial charge >= 0.3 is 0 Å². The quantitative estimate of drug-likeness (QED) is 0.668. The van der Waals surface area contributed by atoms with Gasteiger partial charge < -0.3 is 20.5 Å². The first kappa shape index (κ1) is 15.7. The van der Waals surface area contributed by atoms with E-state index in [4.69, 9.17) is 4.74 Å². The summed E-state index contributed by atoms with van der Waals surface area (Å²) in [6.07, 6.45) is 6.17. The minimum absolute atomic E-state index is 0.0619. The lowest BCUT2D eigenvalue weighted by atomic mass is 9.78. The zero-order chi connectivity index (χ0) is 14.4. The van der Waals surface area contributed by atoms with Crippen LogP contribution in [0.15, 0.2) is 0 Å². The van der Waals surface area contributed by atoms with Crippen LogP contribution in [-0.4, -0.2) is 50.0 Å². The largest absolute Gasteiger partial charge is 0.391 e. The first-order chi connectivity index (χ1) is 9.68. The summed E-state index contributed by atoms with van der Waals surface area (Å²) in [5.74, 6) is 0.0619. The molecule has 20 heavy (non-hydrogen) atoms. The van der Waals surface area contributed by atoms with E-state index >= 15 is 0 Å². The second-order valence-electron chi connectivity index (χ2n) is 6.25. The van der Waals surface area contributed by atoms with E-state index in [1.54, 1.807) is 7.11 Å². The number of ether oxygens (including phenoxy) is 1. The molecule has 1 amide bonds. The molecule has 2 unspecified atom stereocenters. The molecule has 2 fully saturated rings. The maximum atomic E-state index is 12.7. The van der Waals surface area contributed by atoms with Gasteiger partial charge in [0.05, 0.1) is 24.2 Å². The molecular formula is C15H28N2O3. The summed E-state index contributed by atoms with van der Waals surface area (Å²) in [5, 5.41) is 16.5. The maximum Gasteiger partial charge on any atom is 0.228 e. The summed E-state index contributed by atoms with van der Waals surface area (Å²) in [5.41, 5.74) is -0.425. The number of aliphatic hydroxyl groups excluding tert-OH is 1. The Morgan fingerprint density at radius 3 is 2.70 bits per heavy atom. The monoisotopic (exact) mass is 284 g/mol. The van der Waals surface area contributed by atoms with Gasteiger partial charge in [0.1, 0.15) is 0 Å². The van der Waals surface area contributed by atoms with Gasteiger partial charge in [-0.05, 0) is 38.8 Å². The molecule has 0 radical (unpaired) electrons. The average Bonchev–Trinajstić information content (AvgIpc) is 2.65. The third-order valence-corrected chi connectivity index (χ3v) is 4.76. The highest BCUT2D eigenvalue weighted by Gasteiger charge is 2.41. The van der Waals surface area contributed by atoms with E-state index in [0.717, 1.165) is 58.0 Å². The first-order valence-corrected chi connectivity index (χ1v) is 7.87. The highest BCUT2D eigenvalue weighted by atomic mass is 16.5. The van der Waals surface area contributed by atoms with Crippen LogP contribution in [0.25, 0.3) is 0 Å². The number of methoxy groups -OCH3 is 1. The topological polar surface area (TPSA) is 70.6 Å². The number of amides is 1. The second-order valence-corrected chi connectivity index (χ2v) is 6.25. The summed E-state index contributed by atoms with van der Waals surface area (Å²) in [4.78, 5) is 12.7. The van der Waals surface area contributed by atoms with Crippen LogP contribution in [0.3, 0.4) is 0 Å². The Bertz CT molecular complexity index is 311. The van der Waals surface area contributed by atoms with E-state index in [2.05, 4.69) is 10.6 Å². The second kappa shape index (κ2) is 7.38. The lowest BCUT2D eigenvalue weighted by molar-refractivity contribution is -0.138. The summed E-state index contributed by atoms with van der Waals surface area (Å²) in [6.45, 7) is 2.16. The van der Waals surface area contributed by atoms with Crippen molar-refractivity contribution in [2.75, 3.05) is 26.8 Å².